The van der Waals surface area contributed by atoms with Crippen molar-refractivity contribution in [3.05, 3.63) is 0 Å². The van der Waals surface area contributed by atoms with E-state index in [0.717, 1.165) is 19.6 Å². The number of rotatable bonds is 6. The Kier molecular flexibility index (Phi) is 7.32. The van der Waals surface area contributed by atoms with Gasteiger partial charge in [0, 0.05) is 41.5 Å². The summed E-state index contributed by atoms with van der Waals surface area (Å²) in [4.78, 5) is 11.7. The van der Waals surface area contributed by atoms with Crippen molar-refractivity contribution in [2.75, 3.05) is 36.9 Å². The number of nitrogens with one attached hydrogen (secondary N) is 2. The lowest BCUT2D eigenvalue weighted by atomic mass is 10.1. The number of amides is 1. The summed E-state index contributed by atoms with van der Waals surface area (Å²) in [5.41, 5.74) is 0. The van der Waals surface area contributed by atoms with E-state index >= 15 is 0 Å². The van der Waals surface area contributed by atoms with Gasteiger partial charge >= 0.3 is 0 Å². The van der Waals surface area contributed by atoms with Crippen molar-refractivity contribution < 1.29 is 4.79 Å². The van der Waals surface area contributed by atoms with Gasteiger partial charge in [-0.15, -0.1) is 0 Å². The molecule has 0 aliphatic carbocycles. The highest BCUT2D eigenvalue weighted by molar-refractivity contribution is 8.06. The monoisotopic (exact) mass is 262 g/mol. The number of hydrogen-bond acceptors (Lipinski definition) is 4. The molecule has 0 radical (unpaired) electrons. The highest BCUT2D eigenvalue weighted by Crippen LogP contribution is 2.23. The van der Waals surface area contributed by atoms with Gasteiger partial charge in [0.25, 0.3) is 0 Å². The molecule has 1 saturated heterocycles. The molecule has 0 aromatic rings. The summed E-state index contributed by atoms with van der Waals surface area (Å²) in [6, 6.07) is 0. The van der Waals surface area contributed by atoms with Crippen LogP contribution in [-0.4, -0.2) is 48.0 Å². The SMILES string of the molecule is CCNCC(C)C(=O)NCC1CSCCS1. The predicted octanol–water partition coefficient (Wildman–Crippen LogP) is 1.20. The van der Waals surface area contributed by atoms with Crippen molar-refractivity contribution >= 4 is 29.4 Å². The zero-order valence-corrected chi connectivity index (χ0v) is 11.8. The van der Waals surface area contributed by atoms with Gasteiger partial charge in [0.15, 0.2) is 0 Å². The summed E-state index contributed by atoms with van der Waals surface area (Å²) in [6.07, 6.45) is 0. The van der Waals surface area contributed by atoms with E-state index in [-0.39, 0.29) is 11.8 Å². The molecule has 0 spiro atoms. The fraction of sp³-hybridized carbons (Fsp3) is 0.909. The van der Waals surface area contributed by atoms with Crippen LogP contribution in [0, 0.1) is 5.92 Å². The number of carbonyl (C=O) groups excluding carboxylic acids is 1. The topological polar surface area (TPSA) is 41.1 Å². The van der Waals surface area contributed by atoms with E-state index in [2.05, 4.69) is 17.6 Å². The lowest BCUT2D eigenvalue weighted by Gasteiger charge is -2.22. The van der Waals surface area contributed by atoms with Crippen LogP contribution < -0.4 is 10.6 Å². The van der Waals surface area contributed by atoms with Crippen LogP contribution in [0.15, 0.2) is 0 Å². The standard InChI is InChI=1S/C11H22N2OS2/c1-3-12-6-9(2)11(14)13-7-10-8-15-4-5-16-10/h9-10,12H,3-8H2,1-2H3,(H,13,14). The molecular formula is C11H22N2OS2. The molecule has 0 aromatic carbocycles. The first-order valence-electron chi connectivity index (χ1n) is 5.91. The van der Waals surface area contributed by atoms with Crippen molar-refractivity contribution in [3.63, 3.8) is 0 Å². The molecule has 0 saturated carbocycles. The van der Waals surface area contributed by atoms with E-state index in [4.69, 9.17) is 0 Å². The fourth-order valence-corrected chi connectivity index (χ4v) is 4.11. The molecule has 1 rings (SSSR count). The van der Waals surface area contributed by atoms with Gasteiger partial charge in [-0.3, -0.25) is 4.79 Å². The van der Waals surface area contributed by atoms with E-state index in [9.17, 15) is 4.79 Å². The summed E-state index contributed by atoms with van der Waals surface area (Å²) < 4.78 is 0. The van der Waals surface area contributed by atoms with Crippen LogP contribution in [0.4, 0.5) is 0 Å². The fourth-order valence-electron chi connectivity index (χ4n) is 1.50. The van der Waals surface area contributed by atoms with Crippen LogP contribution in [0.2, 0.25) is 0 Å². The minimum Gasteiger partial charge on any atom is -0.355 e. The van der Waals surface area contributed by atoms with E-state index in [1.807, 2.05) is 30.4 Å². The van der Waals surface area contributed by atoms with Crippen molar-refractivity contribution in [2.24, 2.45) is 5.92 Å². The average molecular weight is 262 g/mol. The molecule has 0 bridgehead atoms. The number of carbonyl (C=O) groups is 1. The third kappa shape index (κ3) is 5.46. The number of hydrogen-bond donors (Lipinski definition) is 2. The molecular weight excluding hydrogens is 240 g/mol. The second-order valence-electron chi connectivity index (χ2n) is 4.02. The maximum atomic E-state index is 11.7. The van der Waals surface area contributed by atoms with Crippen molar-refractivity contribution in [3.8, 4) is 0 Å². The van der Waals surface area contributed by atoms with Gasteiger partial charge in [-0.1, -0.05) is 13.8 Å². The third-order valence-corrected chi connectivity index (χ3v) is 5.38. The summed E-state index contributed by atoms with van der Waals surface area (Å²) in [5.74, 6) is 3.90. The van der Waals surface area contributed by atoms with Crippen LogP contribution in [0.25, 0.3) is 0 Å². The molecule has 1 amide bonds. The van der Waals surface area contributed by atoms with E-state index in [1.165, 1.54) is 17.3 Å². The predicted molar refractivity (Wildman–Crippen MR) is 74.3 cm³/mol. The van der Waals surface area contributed by atoms with E-state index < -0.39 is 0 Å². The Balaban J connectivity index is 2.12. The number of thioether (sulfide) groups is 2. The van der Waals surface area contributed by atoms with Crippen LogP contribution in [0.1, 0.15) is 13.8 Å². The Labute approximate surface area is 107 Å². The van der Waals surface area contributed by atoms with E-state index in [0.29, 0.717) is 5.25 Å². The minimum absolute atomic E-state index is 0.0705. The van der Waals surface area contributed by atoms with Crippen LogP contribution in [0.3, 0.4) is 0 Å². The van der Waals surface area contributed by atoms with Gasteiger partial charge in [0.2, 0.25) is 5.91 Å². The minimum atomic E-state index is 0.0705. The Morgan fingerprint density at radius 1 is 1.50 bits per heavy atom. The van der Waals surface area contributed by atoms with Gasteiger partial charge in [0.05, 0.1) is 0 Å². The smallest absolute Gasteiger partial charge is 0.224 e. The quantitative estimate of drug-likeness (QED) is 0.755. The zero-order valence-electron chi connectivity index (χ0n) is 10.1. The molecule has 1 aliphatic heterocycles. The molecule has 94 valence electrons. The first-order chi connectivity index (χ1) is 7.74. The molecule has 1 heterocycles. The van der Waals surface area contributed by atoms with Gasteiger partial charge in [-0.25, -0.2) is 0 Å². The molecule has 1 aliphatic rings. The maximum absolute atomic E-state index is 11.7. The highest BCUT2D eigenvalue weighted by Gasteiger charge is 2.17. The van der Waals surface area contributed by atoms with Gasteiger partial charge in [-0.2, -0.15) is 23.5 Å². The zero-order chi connectivity index (χ0) is 11.8. The lowest BCUT2D eigenvalue weighted by Crippen LogP contribution is -2.39. The molecule has 3 nitrogen and oxygen atoms in total. The average Bonchev–Trinajstić information content (AvgIpc) is 2.34. The van der Waals surface area contributed by atoms with Gasteiger partial charge in [0.1, 0.15) is 0 Å². The Bertz CT molecular complexity index is 208. The molecule has 16 heavy (non-hydrogen) atoms. The summed E-state index contributed by atoms with van der Waals surface area (Å²) in [6.45, 7) is 6.55. The van der Waals surface area contributed by atoms with E-state index in [1.54, 1.807) is 0 Å². The molecule has 2 atom stereocenters. The summed E-state index contributed by atoms with van der Waals surface area (Å²) >= 11 is 3.98. The first-order valence-corrected chi connectivity index (χ1v) is 8.12. The van der Waals surface area contributed by atoms with Crippen LogP contribution >= 0.6 is 23.5 Å². The lowest BCUT2D eigenvalue weighted by molar-refractivity contribution is -0.124. The first kappa shape index (κ1) is 14.2. The van der Waals surface area contributed by atoms with Gasteiger partial charge in [-0.05, 0) is 6.54 Å². The van der Waals surface area contributed by atoms with Crippen LogP contribution in [-0.2, 0) is 4.79 Å². The molecule has 2 N–H and O–H groups in total. The Hall–Kier alpha value is 0.130. The van der Waals surface area contributed by atoms with Gasteiger partial charge < -0.3 is 10.6 Å². The normalized spacial score (nSPS) is 22.8. The molecule has 2 unspecified atom stereocenters. The van der Waals surface area contributed by atoms with Crippen molar-refractivity contribution in [2.45, 2.75) is 19.1 Å². The van der Waals surface area contributed by atoms with Crippen molar-refractivity contribution in [1.29, 1.82) is 0 Å². The maximum Gasteiger partial charge on any atom is 0.224 e. The Morgan fingerprint density at radius 2 is 2.31 bits per heavy atom. The molecule has 0 aromatic heterocycles. The summed E-state index contributed by atoms with van der Waals surface area (Å²) in [7, 11) is 0. The second kappa shape index (κ2) is 8.25. The summed E-state index contributed by atoms with van der Waals surface area (Å²) in [5, 5.41) is 6.85. The largest absolute Gasteiger partial charge is 0.355 e. The molecule has 5 heteroatoms. The van der Waals surface area contributed by atoms with Crippen LogP contribution in [0.5, 0.6) is 0 Å². The van der Waals surface area contributed by atoms with Crippen molar-refractivity contribution in [1.82, 2.24) is 10.6 Å². The Morgan fingerprint density at radius 3 is 2.94 bits per heavy atom. The second-order valence-corrected chi connectivity index (χ2v) is 6.58. The molecule has 1 fully saturated rings. The third-order valence-electron chi connectivity index (χ3n) is 2.54. The highest BCUT2D eigenvalue weighted by atomic mass is 32.2.